The molecule has 1 fully saturated rings. The molecule has 0 aromatic heterocycles. The van der Waals surface area contributed by atoms with Crippen LogP contribution in [0.25, 0.3) is 0 Å². The molecule has 5 nitrogen and oxygen atoms in total. The summed E-state index contributed by atoms with van der Waals surface area (Å²) in [5, 5.41) is 14.1. The predicted octanol–water partition coefficient (Wildman–Crippen LogP) is 0.0376. The summed E-state index contributed by atoms with van der Waals surface area (Å²) in [6, 6.07) is -0.280. The minimum atomic E-state index is -0.280. The van der Waals surface area contributed by atoms with E-state index in [0.29, 0.717) is 12.3 Å². The van der Waals surface area contributed by atoms with Gasteiger partial charge in [-0.25, -0.2) is 0 Å². The maximum absolute atomic E-state index is 11.1. The van der Waals surface area contributed by atoms with Gasteiger partial charge < -0.3 is 16.3 Å². The van der Waals surface area contributed by atoms with Gasteiger partial charge in [0.15, 0.2) is 5.84 Å². The Labute approximate surface area is 77.0 Å². The van der Waals surface area contributed by atoms with Crippen LogP contribution >= 0.6 is 0 Å². The topological polar surface area (TPSA) is 87.7 Å². The third-order valence-corrected chi connectivity index (χ3v) is 2.17. The summed E-state index contributed by atoms with van der Waals surface area (Å²) in [4.78, 5) is 11.1. The first-order chi connectivity index (χ1) is 6.19. The number of oxime groups is 1. The van der Waals surface area contributed by atoms with Crippen molar-refractivity contribution >= 4 is 11.7 Å². The van der Waals surface area contributed by atoms with Gasteiger partial charge in [0.2, 0.25) is 5.91 Å². The molecule has 0 bridgehead atoms. The molecule has 0 aromatic carbocycles. The van der Waals surface area contributed by atoms with E-state index in [4.69, 9.17) is 10.9 Å². The molecule has 1 unspecified atom stereocenters. The Morgan fingerprint density at radius 1 is 1.77 bits per heavy atom. The molecule has 0 aromatic rings. The van der Waals surface area contributed by atoms with Gasteiger partial charge in [0.05, 0.1) is 6.04 Å². The van der Waals surface area contributed by atoms with Crippen molar-refractivity contribution in [2.24, 2.45) is 16.8 Å². The summed E-state index contributed by atoms with van der Waals surface area (Å²) in [5.74, 6) is 0.388. The van der Waals surface area contributed by atoms with Crippen molar-refractivity contribution < 1.29 is 10.0 Å². The summed E-state index contributed by atoms with van der Waals surface area (Å²) < 4.78 is 0. The van der Waals surface area contributed by atoms with Gasteiger partial charge in [-0.3, -0.25) is 4.79 Å². The minimum absolute atomic E-state index is 0.0662. The Morgan fingerprint density at radius 3 is 2.77 bits per heavy atom. The highest BCUT2D eigenvalue weighted by molar-refractivity contribution is 5.90. The summed E-state index contributed by atoms with van der Waals surface area (Å²) in [5.41, 5.74) is 5.45. The van der Waals surface area contributed by atoms with E-state index in [2.05, 4.69) is 10.5 Å². The number of nitrogens with zero attached hydrogens (tertiary/aromatic N) is 1. The Morgan fingerprint density at radius 2 is 2.38 bits per heavy atom. The number of rotatable bonds is 4. The molecule has 0 radical (unpaired) electrons. The lowest BCUT2D eigenvalue weighted by molar-refractivity contribution is -0.121. The molecule has 0 aliphatic heterocycles. The fraction of sp³-hybridized carbons (Fsp3) is 0.750. The number of amides is 1. The van der Waals surface area contributed by atoms with Gasteiger partial charge in [0, 0.05) is 6.42 Å². The molecule has 13 heavy (non-hydrogen) atoms. The number of nitrogens with two attached hydrogens (primary N) is 1. The van der Waals surface area contributed by atoms with Crippen LogP contribution in [-0.2, 0) is 4.79 Å². The van der Waals surface area contributed by atoms with Crippen molar-refractivity contribution in [3.05, 3.63) is 0 Å². The van der Waals surface area contributed by atoms with Crippen molar-refractivity contribution in [3.8, 4) is 0 Å². The van der Waals surface area contributed by atoms with Crippen LogP contribution in [0.4, 0.5) is 0 Å². The molecule has 74 valence electrons. The lowest BCUT2D eigenvalue weighted by Crippen LogP contribution is -2.45. The summed E-state index contributed by atoms with van der Waals surface area (Å²) in [6.07, 6.45) is 2.48. The Kier molecular flexibility index (Phi) is 3.11. The van der Waals surface area contributed by atoms with E-state index in [1.54, 1.807) is 6.92 Å². The van der Waals surface area contributed by atoms with Crippen LogP contribution in [0.15, 0.2) is 5.16 Å². The molecule has 4 N–H and O–H groups in total. The Balaban J connectivity index is 2.52. The van der Waals surface area contributed by atoms with Crippen molar-refractivity contribution in [3.63, 3.8) is 0 Å². The summed E-state index contributed by atoms with van der Waals surface area (Å²) in [6.45, 7) is 1.77. The number of amidine groups is 1. The molecule has 1 rings (SSSR count). The highest BCUT2D eigenvalue weighted by atomic mass is 16.4. The first-order valence-electron chi connectivity index (χ1n) is 4.45. The molecule has 1 atom stereocenters. The van der Waals surface area contributed by atoms with Crippen molar-refractivity contribution in [1.29, 1.82) is 0 Å². The second-order valence-corrected chi connectivity index (χ2v) is 3.26. The lowest BCUT2D eigenvalue weighted by atomic mass is 10.1. The van der Waals surface area contributed by atoms with Crippen LogP contribution in [0.5, 0.6) is 0 Å². The molecule has 1 aliphatic carbocycles. The highest BCUT2D eigenvalue weighted by Crippen LogP contribution is 2.32. The van der Waals surface area contributed by atoms with Gasteiger partial charge in [-0.05, 0) is 18.8 Å². The van der Waals surface area contributed by atoms with Gasteiger partial charge >= 0.3 is 0 Å². The second-order valence-electron chi connectivity index (χ2n) is 3.26. The van der Waals surface area contributed by atoms with Gasteiger partial charge in [-0.1, -0.05) is 12.1 Å². The second kappa shape index (κ2) is 4.11. The van der Waals surface area contributed by atoms with Crippen LogP contribution in [-0.4, -0.2) is 23.0 Å². The number of nitrogens with one attached hydrogen (secondary N) is 1. The number of carbonyl (C=O) groups is 1. The molecule has 0 spiro atoms. The highest BCUT2D eigenvalue weighted by Gasteiger charge is 2.34. The van der Waals surface area contributed by atoms with Crippen molar-refractivity contribution in [2.75, 3.05) is 0 Å². The van der Waals surface area contributed by atoms with Crippen LogP contribution < -0.4 is 11.1 Å². The average molecular weight is 185 g/mol. The summed E-state index contributed by atoms with van der Waals surface area (Å²) in [7, 11) is 0. The fourth-order valence-electron chi connectivity index (χ4n) is 1.20. The van der Waals surface area contributed by atoms with Crippen LogP contribution in [0.1, 0.15) is 26.2 Å². The largest absolute Gasteiger partial charge is 0.409 e. The third-order valence-electron chi connectivity index (χ3n) is 2.17. The van der Waals surface area contributed by atoms with Crippen LogP contribution in [0, 0.1) is 5.92 Å². The van der Waals surface area contributed by atoms with Crippen LogP contribution in [0.3, 0.4) is 0 Å². The first kappa shape index (κ1) is 9.83. The van der Waals surface area contributed by atoms with Crippen LogP contribution in [0.2, 0.25) is 0 Å². The van der Waals surface area contributed by atoms with E-state index < -0.39 is 0 Å². The third kappa shape index (κ3) is 2.61. The van der Waals surface area contributed by atoms with Gasteiger partial charge in [-0.15, -0.1) is 0 Å². The molecule has 5 heteroatoms. The molecule has 1 aliphatic rings. The monoisotopic (exact) mass is 185 g/mol. The van der Waals surface area contributed by atoms with E-state index in [0.717, 1.165) is 12.8 Å². The van der Waals surface area contributed by atoms with E-state index in [1.807, 2.05) is 0 Å². The quantitative estimate of drug-likeness (QED) is 0.250. The molecular weight excluding hydrogens is 170 g/mol. The fourth-order valence-corrected chi connectivity index (χ4v) is 1.20. The van der Waals surface area contributed by atoms with E-state index >= 15 is 0 Å². The first-order valence-corrected chi connectivity index (χ1v) is 4.45. The Bertz CT molecular complexity index is 223. The SMILES string of the molecule is CCC(=O)NC(C(N)=NO)C1CC1. The lowest BCUT2D eigenvalue weighted by Gasteiger charge is -2.15. The van der Waals surface area contributed by atoms with Crippen molar-refractivity contribution in [2.45, 2.75) is 32.2 Å². The number of hydrogen-bond donors (Lipinski definition) is 3. The smallest absolute Gasteiger partial charge is 0.220 e. The minimum Gasteiger partial charge on any atom is -0.409 e. The zero-order valence-corrected chi connectivity index (χ0v) is 7.66. The molecule has 0 heterocycles. The maximum Gasteiger partial charge on any atom is 0.220 e. The van der Waals surface area contributed by atoms with Gasteiger partial charge in [0.1, 0.15) is 0 Å². The zero-order chi connectivity index (χ0) is 9.84. The summed E-state index contributed by atoms with van der Waals surface area (Å²) >= 11 is 0. The number of hydrogen-bond acceptors (Lipinski definition) is 3. The Hall–Kier alpha value is -1.26. The standard InChI is InChI=1S/C8H15N3O2/c1-2-6(12)10-7(5-3-4-5)8(9)11-13/h5,7,13H,2-4H2,1H3,(H2,9,11)(H,10,12). The average Bonchev–Trinajstić information content (AvgIpc) is 2.95. The molecule has 1 saturated carbocycles. The van der Waals surface area contributed by atoms with Crippen molar-refractivity contribution in [1.82, 2.24) is 5.32 Å². The molecular formula is C8H15N3O2. The van der Waals surface area contributed by atoms with Gasteiger partial charge in [-0.2, -0.15) is 0 Å². The van der Waals surface area contributed by atoms with E-state index in [-0.39, 0.29) is 17.8 Å². The predicted molar refractivity (Wildman–Crippen MR) is 48.4 cm³/mol. The van der Waals surface area contributed by atoms with Gasteiger partial charge in [0.25, 0.3) is 0 Å². The molecule has 0 saturated heterocycles. The van der Waals surface area contributed by atoms with E-state index in [9.17, 15) is 4.79 Å². The zero-order valence-electron chi connectivity index (χ0n) is 7.66. The van der Waals surface area contributed by atoms with E-state index in [1.165, 1.54) is 0 Å². The molecule has 1 amide bonds. The maximum atomic E-state index is 11.1. The number of carbonyl (C=O) groups excluding carboxylic acids is 1. The normalized spacial score (nSPS) is 19.6.